The molecule has 1 aliphatic carbocycles. The summed E-state index contributed by atoms with van der Waals surface area (Å²) in [5.74, 6) is 0.0751. The van der Waals surface area contributed by atoms with E-state index in [0.29, 0.717) is 12.1 Å². The Bertz CT molecular complexity index is 343. The van der Waals surface area contributed by atoms with E-state index in [0.717, 1.165) is 38.1 Å². The fraction of sp³-hybridized carbons (Fsp3) is 0.938. The summed E-state index contributed by atoms with van der Waals surface area (Å²) in [5.41, 5.74) is -0.744. The summed E-state index contributed by atoms with van der Waals surface area (Å²) in [7, 11) is 0. The van der Waals surface area contributed by atoms with E-state index >= 15 is 0 Å². The second-order valence-corrected chi connectivity index (χ2v) is 7.19. The van der Waals surface area contributed by atoms with Crippen molar-refractivity contribution in [3.63, 3.8) is 0 Å². The SMILES string of the molecule is CC1CCC(C)N(CCCC(C)(NC2CC2)C(=O)O)C1. The number of nitrogens with one attached hydrogen (secondary N) is 1. The van der Waals surface area contributed by atoms with Crippen LogP contribution in [0, 0.1) is 5.92 Å². The Morgan fingerprint density at radius 3 is 2.60 bits per heavy atom. The predicted molar refractivity (Wildman–Crippen MR) is 80.9 cm³/mol. The van der Waals surface area contributed by atoms with Crippen LogP contribution in [0.2, 0.25) is 0 Å². The minimum Gasteiger partial charge on any atom is -0.480 e. The van der Waals surface area contributed by atoms with Crippen LogP contribution in [-0.2, 0) is 4.79 Å². The van der Waals surface area contributed by atoms with Crippen molar-refractivity contribution in [2.75, 3.05) is 13.1 Å². The van der Waals surface area contributed by atoms with Crippen molar-refractivity contribution < 1.29 is 9.90 Å². The Balaban J connectivity index is 1.78. The molecule has 0 bridgehead atoms. The molecule has 4 heteroatoms. The van der Waals surface area contributed by atoms with E-state index in [1.54, 1.807) is 0 Å². The molecular formula is C16H30N2O2. The number of carboxylic acids is 1. The molecule has 1 saturated heterocycles. The average molecular weight is 282 g/mol. The van der Waals surface area contributed by atoms with Gasteiger partial charge in [0, 0.05) is 18.6 Å². The summed E-state index contributed by atoms with van der Waals surface area (Å²) in [6, 6.07) is 1.09. The molecule has 0 spiro atoms. The number of carboxylic acid groups (broad SMARTS) is 1. The fourth-order valence-electron chi connectivity index (χ4n) is 3.25. The zero-order valence-electron chi connectivity index (χ0n) is 13.2. The second kappa shape index (κ2) is 6.44. The van der Waals surface area contributed by atoms with E-state index in [9.17, 15) is 9.90 Å². The Morgan fingerprint density at radius 1 is 1.30 bits per heavy atom. The average Bonchev–Trinajstić information content (AvgIpc) is 3.17. The smallest absolute Gasteiger partial charge is 0.323 e. The van der Waals surface area contributed by atoms with Crippen LogP contribution in [0.5, 0.6) is 0 Å². The van der Waals surface area contributed by atoms with Crippen LogP contribution < -0.4 is 5.32 Å². The van der Waals surface area contributed by atoms with Crippen molar-refractivity contribution in [1.29, 1.82) is 0 Å². The van der Waals surface area contributed by atoms with Gasteiger partial charge in [-0.2, -0.15) is 0 Å². The second-order valence-electron chi connectivity index (χ2n) is 7.19. The number of hydrogen-bond acceptors (Lipinski definition) is 3. The van der Waals surface area contributed by atoms with E-state index in [1.165, 1.54) is 19.4 Å². The molecule has 1 saturated carbocycles. The summed E-state index contributed by atoms with van der Waals surface area (Å²) in [4.78, 5) is 14.0. The van der Waals surface area contributed by atoms with Crippen LogP contribution in [-0.4, -0.2) is 46.7 Å². The van der Waals surface area contributed by atoms with E-state index in [4.69, 9.17) is 0 Å². The first-order chi connectivity index (χ1) is 9.40. The lowest BCUT2D eigenvalue weighted by Crippen LogP contribution is -2.51. The first kappa shape index (κ1) is 15.8. The Labute approximate surface area is 122 Å². The summed E-state index contributed by atoms with van der Waals surface area (Å²) in [6.07, 6.45) is 6.54. The van der Waals surface area contributed by atoms with E-state index < -0.39 is 11.5 Å². The highest BCUT2D eigenvalue weighted by molar-refractivity contribution is 5.78. The lowest BCUT2D eigenvalue weighted by atomic mass is 9.92. The maximum Gasteiger partial charge on any atom is 0.323 e. The van der Waals surface area contributed by atoms with Crippen LogP contribution >= 0.6 is 0 Å². The molecule has 1 heterocycles. The van der Waals surface area contributed by atoms with Crippen LogP contribution in [0.15, 0.2) is 0 Å². The quantitative estimate of drug-likeness (QED) is 0.753. The molecule has 2 fully saturated rings. The molecule has 20 heavy (non-hydrogen) atoms. The van der Waals surface area contributed by atoms with Gasteiger partial charge in [-0.15, -0.1) is 0 Å². The van der Waals surface area contributed by atoms with Crippen molar-refractivity contribution in [3.05, 3.63) is 0 Å². The standard InChI is InChI=1S/C16H30N2O2/c1-12-5-6-13(2)18(11-12)10-4-9-16(3,15(19)20)17-14-7-8-14/h12-14,17H,4-11H2,1-3H3,(H,19,20). The van der Waals surface area contributed by atoms with Gasteiger partial charge < -0.3 is 10.0 Å². The molecule has 1 aliphatic heterocycles. The van der Waals surface area contributed by atoms with Gasteiger partial charge in [-0.1, -0.05) is 6.92 Å². The summed E-state index contributed by atoms with van der Waals surface area (Å²) < 4.78 is 0. The van der Waals surface area contributed by atoms with Crippen LogP contribution in [0.3, 0.4) is 0 Å². The van der Waals surface area contributed by atoms with Crippen molar-refractivity contribution in [1.82, 2.24) is 10.2 Å². The molecule has 0 aromatic rings. The number of aliphatic carboxylic acids is 1. The predicted octanol–water partition coefficient (Wildman–Crippen LogP) is 2.48. The van der Waals surface area contributed by atoms with Crippen LogP contribution in [0.25, 0.3) is 0 Å². The molecule has 2 N–H and O–H groups in total. The molecule has 0 aromatic carbocycles. The van der Waals surface area contributed by atoms with Gasteiger partial charge in [0.15, 0.2) is 0 Å². The molecule has 0 amide bonds. The minimum atomic E-state index is -0.744. The molecular weight excluding hydrogens is 252 g/mol. The van der Waals surface area contributed by atoms with Gasteiger partial charge >= 0.3 is 5.97 Å². The zero-order chi connectivity index (χ0) is 14.8. The molecule has 116 valence electrons. The highest BCUT2D eigenvalue weighted by Crippen LogP contribution is 2.26. The van der Waals surface area contributed by atoms with Crippen molar-refractivity contribution in [3.8, 4) is 0 Å². The highest BCUT2D eigenvalue weighted by atomic mass is 16.4. The fourth-order valence-corrected chi connectivity index (χ4v) is 3.25. The van der Waals surface area contributed by atoms with E-state index in [1.807, 2.05) is 6.92 Å². The van der Waals surface area contributed by atoms with Crippen LogP contribution in [0.4, 0.5) is 0 Å². The lowest BCUT2D eigenvalue weighted by Gasteiger charge is -2.37. The third-order valence-electron chi connectivity index (χ3n) is 4.94. The Morgan fingerprint density at radius 2 is 2.00 bits per heavy atom. The van der Waals surface area contributed by atoms with Gasteiger partial charge in [0.1, 0.15) is 5.54 Å². The molecule has 3 unspecified atom stereocenters. The third kappa shape index (κ3) is 4.19. The summed E-state index contributed by atoms with van der Waals surface area (Å²) in [5, 5.41) is 12.8. The van der Waals surface area contributed by atoms with Crippen molar-refractivity contribution >= 4 is 5.97 Å². The molecule has 2 rings (SSSR count). The van der Waals surface area contributed by atoms with Gasteiger partial charge in [0.05, 0.1) is 0 Å². The Hall–Kier alpha value is -0.610. The number of carbonyl (C=O) groups is 1. The molecule has 3 atom stereocenters. The maximum absolute atomic E-state index is 11.5. The highest BCUT2D eigenvalue weighted by Gasteiger charge is 2.38. The van der Waals surface area contributed by atoms with E-state index in [-0.39, 0.29) is 0 Å². The topological polar surface area (TPSA) is 52.6 Å². The zero-order valence-corrected chi connectivity index (χ0v) is 13.2. The monoisotopic (exact) mass is 282 g/mol. The number of nitrogens with zero attached hydrogens (tertiary/aromatic N) is 1. The lowest BCUT2D eigenvalue weighted by molar-refractivity contribution is -0.144. The number of piperidine rings is 1. The molecule has 0 radical (unpaired) electrons. The normalized spacial score (nSPS) is 30.9. The summed E-state index contributed by atoms with van der Waals surface area (Å²) >= 11 is 0. The van der Waals surface area contributed by atoms with Gasteiger partial charge in [0.25, 0.3) is 0 Å². The number of rotatable bonds is 7. The van der Waals surface area contributed by atoms with Gasteiger partial charge in [0.2, 0.25) is 0 Å². The maximum atomic E-state index is 11.5. The van der Waals surface area contributed by atoms with Crippen LogP contribution in [0.1, 0.15) is 59.3 Å². The first-order valence-corrected chi connectivity index (χ1v) is 8.16. The Kier molecular flexibility index (Phi) is 5.08. The molecule has 0 aromatic heterocycles. The van der Waals surface area contributed by atoms with E-state index in [2.05, 4.69) is 24.1 Å². The van der Waals surface area contributed by atoms with Gasteiger partial charge in [-0.05, 0) is 64.8 Å². The third-order valence-corrected chi connectivity index (χ3v) is 4.94. The number of likely N-dealkylation sites (tertiary alicyclic amines) is 1. The first-order valence-electron chi connectivity index (χ1n) is 8.16. The van der Waals surface area contributed by atoms with Crippen molar-refractivity contribution in [2.45, 2.75) is 76.9 Å². The molecule has 4 nitrogen and oxygen atoms in total. The van der Waals surface area contributed by atoms with Gasteiger partial charge in [-0.25, -0.2) is 0 Å². The summed E-state index contributed by atoms with van der Waals surface area (Å²) in [6.45, 7) is 8.65. The minimum absolute atomic E-state index is 0.435. The largest absolute Gasteiger partial charge is 0.480 e. The van der Waals surface area contributed by atoms with Crippen molar-refractivity contribution in [2.24, 2.45) is 5.92 Å². The van der Waals surface area contributed by atoms with Gasteiger partial charge in [-0.3, -0.25) is 10.1 Å². The number of hydrogen-bond donors (Lipinski definition) is 2. The molecule has 2 aliphatic rings.